The summed E-state index contributed by atoms with van der Waals surface area (Å²) in [6, 6.07) is 18.1. The molecule has 0 amide bonds. The molecule has 0 N–H and O–H groups in total. The van der Waals surface area contributed by atoms with Crippen molar-refractivity contribution in [2.45, 2.75) is 17.9 Å². The summed E-state index contributed by atoms with van der Waals surface area (Å²) < 4.78 is 4.63. The SMILES string of the molecule is C1=C[CH]([Ti]2([CH]3C=Cc4ccccc43)[CH2][CH2]2)c2ccccc21.[Cl-].[H-]. The quantitative estimate of drug-likeness (QED) is 0.736. The van der Waals surface area contributed by atoms with Crippen LogP contribution in [0.5, 0.6) is 0 Å². The van der Waals surface area contributed by atoms with Crippen LogP contribution in [-0.2, 0) is 16.6 Å². The van der Waals surface area contributed by atoms with E-state index in [1.165, 1.54) is 20.6 Å². The molecule has 0 spiro atoms. The zero-order valence-electron chi connectivity index (χ0n) is 13.4. The first kappa shape index (κ1) is 14.5. The molecule has 0 bridgehead atoms. The number of halogens is 1. The van der Waals surface area contributed by atoms with Crippen LogP contribution in [0, 0.1) is 0 Å². The van der Waals surface area contributed by atoms with E-state index in [9.17, 15) is 0 Å². The van der Waals surface area contributed by atoms with Gasteiger partial charge in [-0.05, 0) is 0 Å². The molecule has 112 valence electrons. The third-order valence-electron chi connectivity index (χ3n) is 5.66. The van der Waals surface area contributed by atoms with Crippen LogP contribution in [0.4, 0.5) is 0 Å². The molecule has 2 aromatic carbocycles. The van der Waals surface area contributed by atoms with Crippen molar-refractivity contribution in [2.75, 3.05) is 0 Å². The minimum absolute atomic E-state index is 0. The Morgan fingerprint density at radius 1 is 0.727 bits per heavy atom. The molecule has 2 unspecified atom stereocenters. The molecular formula is C20H19ClTi-2. The molecule has 0 saturated carbocycles. The van der Waals surface area contributed by atoms with Gasteiger partial charge in [0.2, 0.25) is 0 Å². The van der Waals surface area contributed by atoms with Gasteiger partial charge in [-0.25, -0.2) is 0 Å². The summed E-state index contributed by atoms with van der Waals surface area (Å²) in [5.74, 6) is 0. The zero-order valence-corrected chi connectivity index (χ0v) is 14.7. The Hall–Kier alpha value is -1.08. The van der Waals surface area contributed by atoms with Gasteiger partial charge in [-0.15, -0.1) is 0 Å². The van der Waals surface area contributed by atoms with E-state index in [0.29, 0.717) is 0 Å². The van der Waals surface area contributed by atoms with Gasteiger partial charge in [-0.2, -0.15) is 0 Å². The van der Waals surface area contributed by atoms with Crippen molar-refractivity contribution in [2.24, 2.45) is 0 Å². The number of hydrogen-bond acceptors (Lipinski definition) is 0. The van der Waals surface area contributed by atoms with Crippen molar-refractivity contribution in [3.8, 4) is 0 Å². The smallest absolute Gasteiger partial charge is 1.00 e. The van der Waals surface area contributed by atoms with E-state index >= 15 is 0 Å². The second-order valence-electron chi connectivity index (χ2n) is 6.66. The normalized spacial score (nSPS) is 25.5. The van der Waals surface area contributed by atoms with E-state index in [0.717, 1.165) is 8.45 Å². The molecule has 2 aliphatic carbocycles. The largest absolute Gasteiger partial charge is 1.00 e. The van der Waals surface area contributed by atoms with Gasteiger partial charge in [0, 0.05) is 0 Å². The summed E-state index contributed by atoms with van der Waals surface area (Å²) in [6.45, 7) is 0. The van der Waals surface area contributed by atoms with Gasteiger partial charge in [0.05, 0.1) is 0 Å². The van der Waals surface area contributed by atoms with E-state index in [1.54, 1.807) is 11.1 Å². The van der Waals surface area contributed by atoms with Crippen LogP contribution in [0.3, 0.4) is 0 Å². The minimum Gasteiger partial charge on any atom is -1.00 e. The molecule has 1 heterocycles. The Bertz CT molecular complexity index is 728. The first-order valence-electron chi connectivity index (χ1n) is 7.93. The van der Waals surface area contributed by atoms with E-state index in [2.05, 4.69) is 72.8 Å². The van der Waals surface area contributed by atoms with Crippen LogP contribution < -0.4 is 12.4 Å². The number of rotatable bonds is 2. The van der Waals surface area contributed by atoms with Gasteiger partial charge in [-0.1, -0.05) is 0 Å². The van der Waals surface area contributed by atoms with Crippen molar-refractivity contribution in [1.29, 1.82) is 0 Å². The van der Waals surface area contributed by atoms with Crippen LogP contribution >= 0.6 is 0 Å². The summed E-state index contributed by atoms with van der Waals surface area (Å²) >= 11 is -1.85. The predicted molar refractivity (Wildman–Crippen MR) is 87.2 cm³/mol. The standard InChI is InChI=1S/2C9H7.C2H4.ClH.Ti.H/c2*1-2-5-9-7-3-6-8(9)4-1;1-2;;;/h2*1-7H;1-2H2;1H;;/q;;;;;-1/p-1. The molecule has 0 radical (unpaired) electrons. The second kappa shape index (κ2) is 5.23. The fourth-order valence-corrected chi connectivity index (χ4v) is 13.6. The molecule has 1 fully saturated rings. The van der Waals surface area contributed by atoms with Crippen LogP contribution in [0.25, 0.3) is 12.2 Å². The Morgan fingerprint density at radius 2 is 1.18 bits per heavy atom. The molecule has 2 atom stereocenters. The van der Waals surface area contributed by atoms with Gasteiger partial charge in [0.1, 0.15) is 0 Å². The van der Waals surface area contributed by atoms with Crippen LogP contribution in [-0.4, -0.2) is 0 Å². The van der Waals surface area contributed by atoms with Gasteiger partial charge in [0.15, 0.2) is 0 Å². The number of allylic oxidation sites excluding steroid dienone is 2. The third-order valence-corrected chi connectivity index (χ3v) is 13.7. The maximum Gasteiger partial charge on any atom is -1.00 e. The van der Waals surface area contributed by atoms with Gasteiger partial charge >= 0.3 is 130 Å². The Labute approximate surface area is 143 Å². The van der Waals surface area contributed by atoms with Crippen LogP contribution in [0.15, 0.2) is 60.7 Å². The summed E-state index contributed by atoms with van der Waals surface area (Å²) in [6.07, 6.45) is 9.81. The molecule has 0 aromatic heterocycles. The first-order valence-corrected chi connectivity index (χ1v) is 11.9. The van der Waals surface area contributed by atoms with Gasteiger partial charge < -0.3 is 13.8 Å². The predicted octanol–water partition coefficient (Wildman–Crippen LogP) is 2.64. The van der Waals surface area contributed by atoms with Crippen molar-refractivity contribution < 1.29 is 30.4 Å². The maximum atomic E-state index is 2.53. The van der Waals surface area contributed by atoms with E-state index < -0.39 is 16.6 Å². The number of benzene rings is 2. The molecule has 2 aromatic rings. The first-order chi connectivity index (χ1) is 10.4. The fraction of sp³-hybridized carbons (Fsp3) is 0.200. The van der Waals surface area contributed by atoms with Crippen molar-refractivity contribution in [3.05, 3.63) is 82.9 Å². The second-order valence-corrected chi connectivity index (χ2v) is 14.0. The summed E-state index contributed by atoms with van der Waals surface area (Å²) in [4.78, 5) is 0. The average Bonchev–Trinajstić information content (AvgIpc) is 3.03. The van der Waals surface area contributed by atoms with Gasteiger partial charge in [-0.3, -0.25) is 0 Å². The maximum absolute atomic E-state index is 2.53. The fourth-order valence-electron chi connectivity index (χ4n) is 4.46. The zero-order chi connectivity index (χ0) is 13.9. The van der Waals surface area contributed by atoms with Crippen molar-refractivity contribution >= 4 is 12.2 Å². The van der Waals surface area contributed by atoms with E-state index in [4.69, 9.17) is 0 Å². The molecule has 5 rings (SSSR count). The molecule has 1 saturated heterocycles. The Morgan fingerprint density at radius 3 is 1.64 bits per heavy atom. The third kappa shape index (κ3) is 1.94. The van der Waals surface area contributed by atoms with E-state index in [1.807, 2.05) is 0 Å². The molecule has 3 aliphatic rings. The molecule has 22 heavy (non-hydrogen) atoms. The van der Waals surface area contributed by atoms with Crippen molar-refractivity contribution in [3.63, 3.8) is 0 Å². The monoisotopic (exact) mass is 342 g/mol. The molecular weight excluding hydrogens is 324 g/mol. The van der Waals surface area contributed by atoms with Gasteiger partial charge in [0.25, 0.3) is 0 Å². The van der Waals surface area contributed by atoms with Crippen molar-refractivity contribution in [1.82, 2.24) is 0 Å². The summed E-state index contributed by atoms with van der Waals surface area (Å²) in [5, 5.41) is 0. The summed E-state index contributed by atoms with van der Waals surface area (Å²) in [7, 11) is 0. The average molecular weight is 343 g/mol. The summed E-state index contributed by atoms with van der Waals surface area (Å²) in [5.41, 5.74) is 6.17. The van der Waals surface area contributed by atoms with E-state index in [-0.39, 0.29) is 13.8 Å². The topological polar surface area (TPSA) is 0 Å². The molecule has 1 aliphatic heterocycles. The molecule has 0 nitrogen and oxygen atoms in total. The van der Waals surface area contributed by atoms with Crippen LogP contribution in [0.1, 0.15) is 32.1 Å². The number of fused-ring (bicyclic) bond motifs is 2. The number of hydrogen-bond donors (Lipinski definition) is 0. The minimum atomic E-state index is -1.85. The Kier molecular flexibility index (Phi) is 3.45. The Balaban J connectivity index is 0.000000781. The molecule has 2 heteroatoms. The van der Waals surface area contributed by atoms with Crippen LogP contribution in [0.2, 0.25) is 9.45 Å².